The van der Waals surface area contributed by atoms with Crippen molar-refractivity contribution in [2.45, 2.75) is 20.3 Å². The first-order chi connectivity index (χ1) is 12.9. The summed E-state index contributed by atoms with van der Waals surface area (Å²) in [6.45, 7) is 3.60. The van der Waals surface area contributed by atoms with E-state index in [0.717, 1.165) is 11.1 Å². The van der Waals surface area contributed by atoms with Gasteiger partial charge in [0.25, 0.3) is 5.91 Å². The number of aryl methyl sites for hydroxylation is 2. The predicted molar refractivity (Wildman–Crippen MR) is 99.9 cm³/mol. The molecule has 1 amide bonds. The van der Waals surface area contributed by atoms with Crippen molar-refractivity contribution in [3.63, 3.8) is 0 Å². The SMILES string of the molecule is Cc1cc(C)cc(N(CCC#N)C(=O)COC(=O)c2cccc(C#N)c2)c1. The van der Waals surface area contributed by atoms with Crippen molar-refractivity contribution in [3.8, 4) is 12.1 Å². The molecule has 0 aromatic heterocycles. The molecule has 0 spiro atoms. The van der Waals surface area contributed by atoms with Gasteiger partial charge in [0.05, 0.1) is 29.7 Å². The number of anilines is 1. The van der Waals surface area contributed by atoms with Gasteiger partial charge >= 0.3 is 5.97 Å². The molecule has 0 fully saturated rings. The molecule has 6 nitrogen and oxygen atoms in total. The highest BCUT2D eigenvalue weighted by atomic mass is 16.5. The number of ether oxygens (including phenoxy) is 1. The monoisotopic (exact) mass is 361 g/mol. The molecule has 2 rings (SSSR count). The molecule has 0 saturated heterocycles. The second kappa shape index (κ2) is 9.17. The Bertz CT molecular complexity index is 918. The highest BCUT2D eigenvalue weighted by Gasteiger charge is 2.19. The van der Waals surface area contributed by atoms with E-state index in [1.807, 2.05) is 44.2 Å². The third-order valence-corrected chi connectivity index (χ3v) is 3.82. The summed E-state index contributed by atoms with van der Waals surface area (Å²) < 4.78 is 5.11. The van der Waals surface area contributed by atoms with Gasteiger partial charge < -0.3 is 9.64 Å². The highest BCUT2D eigenvalue weighted by Crippen LogP contribution is 2.19. The van der Waals surface area contributed by atoms with Crippen molar-refractivity contribution < 1.29 is 14.3 Å². The van der Waals surface area contributed by atoms with E-state index in [2.05, 4.69) is 0 Å². The summed E-state index contributed by atoms with van der Waals surface area (Å²) in [6, 6.07) is 15.7. The Morgan fingerprint density at radius 3 is 2.41 bits per heavy atom. The molecule has 27 heavy (non-hydrogen) atoms. The van der Waals surface area contributed by atoms with Crippen molar-refractivity contribution in [1.29, 1.82) is 10.5 Å². The smallest absolute Gasteiger partial charge is 0.338 e. The third kappa shape index (κ3) is 5.42. The fourth-order valence-electron chi connectivity index (χ4n) is 2.67. The van der Waals surface area contributed by atoms with Crippen molar-refractivity contribution >= 4 is 17.6 Å². The van der Waals surface area contributed by atoms with Crippen LogP contribution in [-0.4, -0.2) is 25.0 Å². The second-order valence-corrected chi connectivity index (χ2v) is 6.07. The minimum Gasteiger partial charge on any atom is -0.452 e. The number of rotatable bonds is 6. The predicted octanol–water partition coefficient (Wildman–Crippen LogP) is 3.28. The number of amides is 1. The molecule has 0 bridgehead atoms. The molecule has 0 saturated carbocycles. The lowest BCUT2D eigenvalue weighted by Crippen LogP contribution is -2.35. The number of carbonyl (C=O) groups is 2. The number of hydrogen-bond donors (Lipinski definition) is 0. The van der Waals surface area contributed by atoms with Crippen molar-refractivity contribution in [2.75, 3.05) is 18.1 Å². The maximum Gasteiger partial charge on any atom is 0.338 e. The van der Waals surface area contributed by atoms with Crippen LogP contribution in [0.4, 0.5) is 5.69 Å². The van der Waals surface area contributed by atoms with Gasteiger partial charge in [-0.3, -0.25) is 4.79 Å². The van der Waals surface area contributed by atoms with E-state index in [1.54, 1.807) is 12.1 Å². The molecule has 136 valence electrons. The summed E-state index contributed by atoms with van der Waals surface area (Å²) in [5.74, 6) is -1.10. The Morgan fingerprint density at radius 2 is 1.78 bits per heavy atom. The van der Waals surface area contributed by atoms with Crippen molar-refractivity contribution in [3.05, 3.63) is 64.7 Å². The lowest BCUT2D eigenvalue weighted by molar-refractivity contribution is -0.121. The molecule has 2 aromatic rings. The molecular weight excluding hydrogens is 342 g/mol. The molecule has 6 heteroatoms. The van der Waals surface area contributed by atoms with Crippen LogP contribution in [0.15, 0.2) is 42.5 Å². The van der Waals surface area contributed by atoms with Crippen molar-refractivity contribution in [1.82, 2.24) is 0 Å². The number of nitriles is 2. The number of esters is 1. The first-order valence-corrected chi connectivity index (χ1v) is 8.37. The van der Waals surface area contributed by atoms with Gasteiger partial charge in [0.2, 0.25) is 0 Å². The van der Waals surface area contributed by atoms with E-state index < -0.39 is 18.5 Å². The average Bonchev–Trinajstić information content (AvgIpc) is 2.65. The van der Waals surface area contributed by atoms with Gasteiger partial charge in [0, 0.05) is 12.2 Å². The average molecular weight is 361 g/mol. The van der Waals surface area contributed by atoms with Crippen LogP contribution in [0.3, 0.4) is 0 Å². The standard InChI is InChI=1S/C21H19N3O3/c1-15-9-16(2)11-19(10-15)24(8-4-7-22)20(25)14-27-21(26)18-6-3-5-17(12-18)13-23/h3,5-6,9-12H,4,8,14H2,1-2H3. The largest absolute Gasteiger partial charge is 0.452 e. The number of benzene rings is 2. The number of nitrogens with zero attached hydrogens (tertiary/aromatic N) is 3. The van der Waals surface area contributed by atoms with Crippen LogP contribution in [0, 0.1) is 36.5 Å². The van der Waals surface area contributed by atoms with E-state index in [0.29, 0.717) is 11.3 Å². The lowest BCUT2D eigenvalue weighted by atomic mass is 10.1. The maximum atomic E-state index is 12.6. The van der Waals surface area contributed by atoms with Crippen LogP contribution in [0.2, 0.25) is 0 Å². The third-order valence-electron chi connectivity index (χ3n) is 3.82. The Kier molecular flexibility index (Phi) is 6.68. The first-order valence-electron chi connectivity index (χ1n) is 8.37. The van der Waals surface area contributed by atoms with Gasteiger partial charge in [0.15, 0.2) is 6.61 Å². The molecule has 2 aromatic carbocycles. The van der Waals surface area contributed by atoms with Gasteiger partial charge in [-0.25, -0.2) is 4.79 Å². The summed E-state index contributed by atoms with van der Waals surface area (Å²) >= 11 is 0. The maximum absolute atomic E-state index is 12.6. The summed E-state index contributed by atoms with van der Waals surface area (Å²) in [4.78, 5) is 26.2. The fourth-order valence-corrected chi connectivity index (χ4v) is 2.67. The molecule has 0 aliphatic carbocycles. The van der Waals surface area contributed by atoms with Gasteiger partial charge in [-0.1, -0.05) is 12.1 Å². The second-order valence-electron chi connectivity index (χ2n) is 6.07. The Hall–Kier alpha value is -3.64. The molecular formula is C21H19N3O3. The molecule has 0 radical (unpaired) electrons. The summed E-state index contributed by atoms with van der Waals surface area (Å²) in [5, 5.41) is 17.8. The molecule has 0 N–H and O–H groups in total. The van der Waals surface area contributed by atoms with Gasteiger partial charge in [-0.15, -0.1) is 0 Å². The fraction of sp³-hybridized carbons (Fsp3) is 0.238. The summed E-state index contributed by atoms with van der Waals surface area (Å²) in [5.41, 5.74) is 3.18. The summed E-state index contributed by atoms with van der Waals surface area (Å²) in [6.07, 6.45) is 0.164. The van der Waals surface area contributed by atoms with Crippen LogP contribution in [0.5, 0.6) is 0 Å². The van der Waals surface area contributed by atoms with Crippen LogP contribution in [0.1, 0.15) is 33.5 Å². The van der Waals surface area contributed by atoms with Crippen LogP contribution in [0.25, 0.3) is 0 Å². The zero-order valence-corrected chi connectivity index (χ0v) is 15.2. The molecule has 0 heterocycles. The lowest BCUT2D eigenvalue weighted by Gasteiger charge is -2.22. The first kappa shape index (κ1) is 19.7. The molecule has 0 unspecified atom stereocenters. The minimum absolute atomic E-state index is 0.164. The molecule has 0 aliphatic rings. The van der Waals surface area contributed by atoms with Gasteiger partial charge in [-0.05, 0) is 55.3 Å². The Balaban J connectivity index is 2.12. The number of carbonyl (C=O) groups excluding carboxylic acids is 2. The van der Waals surface area contributed by atoms with E-state index >= 15 is 0 Å². The number of hydrogen-bond acceptors (Lipinski definition) is 5. The zero-order valence-electron chi connectivity index (χ0n) is 15.2. The minimum atomic E-state index is -0.680. The zero-order chi connectivity index (χ0) is 19.8. The Labute approximate surface area is 158 Å². The normalized spacial score (nSPS) is 9.78. The van der Waals surface area contributed by atoms with Crippen molar-refractivity contribution in [2.24, 2.45) is 0 Å². The van der Waals surface area contributed by atoms with E-state index in [1.165, 1.54) is 17.0 Å². The van der Waals surface area contributed by atoms with Crippen LogP contribution >= 0.6 is 0 Å². The topological polar surface area (TPSA) is 94.2 Å². The quantitative estimate of drug-likeness (QED) is 0.736. The molecule has 0 aliphatic heterocycles. The van der Waals surface area contributed by atoms with Gasteiger partial charge in [-0.2, -0.15) is 10.5 Å². The molecule has 0 atom stereocenters. The van der Waals surface area contributed by atoms with E-state index in [9.17, 15) is 9.59 Å². The summed E-state index contributed by atoms with van der Waals surface area (Å²) in [7, 11) is 0. The van der Waals surface area contributed by atoms with E-state index in [4.69, 9.17) is 15.3 Å². The van der Waals surface area contributed by atoms with Crippen LogP contribution < -0.4 is 4.90 Å². The Morgan fingerprint density at radius 1 is 1.07 bits per heavy atom. The van der Waals surface area contributed by atoms with Crippen LogP contribution in [-0.2, 0) is 9.53 Å². The van der Waals surface area contributed by atoms with E-state index in [-0.39, 0.29) is 18.5 Å². The van der Waals surface area contributed by atoms with Gasteiger partial charge in [0.1, 0.15) is 0 Å². The highest BCUT2D eigenvalue weighted by molar-refractivity contribution is 5.97.